The van der Waals surface area contributed by atoms with Gasteiger partial charge in [-0.25, -0.2) is 4.79 Å². The molecule has 1 saturated heterocycles. The van der Waals surface area contributed by atoms with E-state index in [0.717, 1.165) is 30.6 Å². The van der Waals surface area contributed by atoms with Gasteiger partial charge in [-0.1, -0.05) is 0 Å². The van der Waals surface area contributed by atoms with Crippen LogP contribution in [0.3, 0.4) is 0 Å². The number of alkyl halides is 3. The summed E-state index contributed by atoms with van der Waals surface area (Å²) in [6.07, 6.45) is 2.33. The molecule has 1 aliphatic heterocycles. The van der Waals surface area contributed by atoms with Crippen molar-refractivity contribution in [2.45, 2.75) is 41.7 Å². The van der Waals surface area contributed by atoms with Gasteiger partial charge in [0.2, 0.25) is 0 Å². The van der Waals surface area contributed by atoms with Gasteiger partial charge in [0.25, 0.3) is 0 Å². The lowest BCUT2D eigenvalue weighted by Gasteiger charge is -2.36. The number of hydrogen-bond acceptors (Lipinski definition) is 5. The van der Waals surface area contributed by atoms with Gasteiger partial charge in [-0.2, -0.15) is 10.2 Å². The maximum Gasteiger partial charge on any atom is 0.573 e. The van der Waals surface area contributed by atoms with E-state index in [0.29, 0.717) is 24.7 Å². The molecular formula is C20H21F3N4O2S. The molecule has 0 spiro atoms. The number of benzene rings is 1. The molecule has 1 aromatic heterocycles. The first-order valence-electron chi connectivity index (χ1n) is 9.70. The van der Waals surface area contributed by atoms with Gasteiger partial charge in [0.05, 0.1) is 18.1 Å². The van der Waals surface area contributed by atoms with E-state index in [2.05, 4.69) is 20.3 Å². The van der Waals surface area contributed by atoms with Crippen molar-refractivity contribution in [3.05, 3.63) is 42.7 Å². The minimum atomic E-state index is -4.68. The molecule has 1 aromatic carbocycles. The minimum absolute atomic E-state index is 0.115. The van der Waals surface area contributed by atoms with Gasteiger partial charge in [0, 0.05) is 22.7 Å². The van der Waals surface area contributed by atoms with E-state index in [1.165, 1.54) is 24.5 Å². The summed E-state index contributed by atoms with van der Waals surface area (Å²) < 4.78 is 41.0. The molecule has 2 heterocycles. The predicted octanol–water partition coefficient (Wildman–Crippen LogP) is 4.94. The normalized spacial score (nSPS) is 18.7. The topological polar surface area (TPSA) is 67.4 Å². The summed E-state index contributed by atoms with van der Waals surface area (Å²) in [6.45, 7) is 1.35. The lowest BCUT2D eigenvalue weighted by molar-refractivity contribution is -0.274. The summed E-state index contributed by atoms with van der Waals surface area (Å²) in [7, 11) is 0. The molecule has 0 unspecified atom stereocenters. The molecule has 2 fully saturated rings. The third kappa shape index (κ3) is 5.16. The van der Waals surface area contributed by atoms with Crippen LogP contribution in [0.5, 0.6) is 5.75 Å². The third-order valence-electron chi connectivity index (χ3n) is 5.48. The molecule has 30 heavy (non-hydrogen) atoms. The summed E-state index contributed by atoms with van der Waals surface area (Å²) in [5, 5.41) is 10.3. The SMILES string of the molecule is O=C(Nc1ccnnc1)N1CCC(C2(Sc3ccc(OC(F)(F)F)cc3)CC2)CC1. The van der Waals surface area contributed by atoms with Crippen LogP contribution in [-0.4, -0.2) is 45.3 Å². The number of nitrogens with one attached hydrogen (secondary N) is 1. The fourth-order valence-electron chi connectivity index (χ4n) is 3.84. The second kappa shape index (κ2) is 8.33. The van der Waals surface area contributed by atoms with Crippen molar-refractivity contribution < 1.29 is 22.7 Å². The number of carbonyl (C=O) groups excluding carboxylic acids is 1. The Morgan fingerprint density at radius 1 is 1.13 bits per heavy atom. The van der Waals surface area contributed by atoms with Crippen molar-refractivity contribution in [3.63, 3.8) is 0 Å². The highest BCUT2D eigenvalue weighted by Gasteiger charge is 2.50. The molecule has 2 aromatic rings. The number of halogens is 3. The summed E-state index contributed by atoms with van der Waals surface area (Å²) in [5.74, 6) is 0.264. The number of likely N-dealkylation sites (tertiary alicyclic amines) is 1. The van der Waals surface area contributed by atoms with E-state index in [1.54, 1.807) is 34.9 Å². The zero-order chi connectivity index (χ0) is 21.2. The summed E-state index contributed by atoms with van der Waals surface area (Å²) >= 11 is 1.73. The van der Waals surface area contributed by atoms with E-state index in [4.69, 9.17) is 0 Å². The Hall–Kier alpha value is -2.49. The molecule has 1 N–H and O–H groups in total. The summed E-state index contributed by atoms with van der Waals surface area (Å²) in [5.41, 5.74) is 0.615. The molecule has 160 valence electrons. The maximum atomic E-state index is 12.4. The molecule has 0 bridgehead atoms. The van der Waals surface area contributed by atoms with E-state index in [-0.39, 0.29) is 16.5 Å². The Bertz CT molecular complexity index is 868. The third-order valence-corrected chi connectivity index (χ3v) is 7.14. The highest BCUT2D eigenvalue weighted by Crippen LogP contribution is 2.59. The monoisotopic (exact) mass is 438 g/mol. The van der Waals surface area contributed by atoms with Gasteiger partial charge in [-0.05, 0) is 61.9 Å². The molecule has 2 amide bonds. The number of piperidine rings is 1. The Kier molecular flexibility index (Phi) is 5.77. The molecule has 4 rings (SSSR count). The Morgan fingerprint density at radius 2 is 1.83 bits per heavy atom. The molecule has 6 nitrogen and oxygen atoms in total. The zero-order valence-electron chi connectivity index (χ0n) is 16.1. The molecule has 10 heteroatoms. The number of amides is 2. The number of ether oxygens (including phenoxy) is 1. The lowest BCUT2D eigenvalue weighted by atomic mass is 9.91. The maximum absolute atomic E-state index is 12.4. The second-order valence-electron chi connectivity index (χ2n) is 7.51. The number of carbonyl (C=O) groups is 1. The fourth-order valence-corrected chi connectivity index (χ4v) is 5.29. The van der Waals surface area contributed by atoms with Gasteiger partial charge >= 0.3 is 12.4 Å². The van der Waals surface area contributed by atoms with Crippen LogP contribution in [0.25, 0.3) is 0 Å². The molecule has 0 atom stereocenters. The molecule has 1 saturated carbocycles. The number of rotatable bonds is 5. The van der Waals surface area contributed by atoms with E-state index >= 15 is 0 Å². The number of nitrogens with zero attached hydrogens (tertiary/aromatic N) is 3. The minimum Gasteiger partial charge on any atom is -0.406 e. The summed E-state index contributed by atoms with van der Waals surface area (Å²) in [4.78, 5) is 15.2. The average Bonchev–Trinajstić information content (AvgIpc) is 3.50. The molecule has 1 aliphatic carbocycles. The highest BCUT2D eigenvalue weighted by molar-refractivity contribution is 8.01. The Labute approximate surface area is 176 Å². The van der Waals surface area contributed by atoms with Crippen LogP contribution < -0.4 is 10.1 Å². The van der Waals surface area contributed by atoms with Crippen molar-refractivity contribution in [1.82, 2.24) is 15.1 Å². The van der Waals surface area contributed by atoms with Crippen LogP contribution >= 0.6 is 11.8 Å². The van der Waals surface area contributed by atoms with Crippen LogP contribution in [0.15, 0.2) is 47.6 Å². The molecule has 2 aliphatic rings. The van der Waals surface area contributed by atoms with Crippen LogP contribution in [0, 0.1) is 5.92 Å². The standard InChI is InChI=1S/C20H21F3N4O2S/c21-20(22,23)29-16-1-3-17(4-2-16)30-19(8-9-19)14-6-11-27(12-7-14)18(28)26-15-5-10-24-25-13-15/h1-5,10,13-14H,6-9,11-12H2,(H,24,26,28). The van der Waals surface area contributed by atoms with E-state index < -0.39 is 6.36 Å². The molecule has 0 radical (unpaired) electrons. The van der Waals surface area contributed by atoms with Gasteiger partial charge in [-0.15, -0.1) is 24.9 Å². The van der Waals surface area contributed by atoms with Crippen molar-refractivity contribution in [2.75, 3.05) is 18.4 Å². The van der Waals surface area contributed by atoms with Crippen molar-refractivity contribution in [3.8, 4) is 5.75 Å². The zero-order valence-corrected chi connectivity index (χ0v) is 16.9. The van der Waals surface area contributed by atoms with Crippen molar-refractivity contribution >= 4 is 23.5 Å². The Balaban J connectivity index is 1.29. The number of hydrogen-bond donors (Lipinski definition) is 1. The van der Waals surface area contributed by atoms with Crippen molar-refractivity contribution in [1.29, 1.82) is 0 Å². The first kappa shape index (κ1) is 20.8. The van der Waals surface area contributed by atoms with Crippen LogP contribution in [-0.2, 0) is 0 Å². The summed E-state index contributed by atoms with van der Waals surface area (Å²) in [6, 6.07) is 7.62. The lowest BCUT2D eigenvalue weighted by Crippen LogP contribution is -2.43. The highest BCUT2D eigenvalue weighted by atomic mass is 32.2. The average molecular weight is 438 g/mol. The largest absolute Gasteiger partial charge is 0.573 e. The molecular weight excluding hydrogens is 417 g/mol. The number of urea groups is 1. The fraction of sp³-hybridized carbons (Fsp3) is 0.450. The van der Waals surface area contributed by atoms with E-state index in [1.807, 2.05) is 0 Å². The van der Waals surface area contributed by atoms with Crippen molar-refractivity contribution in [2.24, 2.45) is 5.92 Å². The number of thioether (sulfide) groups is 1. The quantitative estimate of drug-likeness (QED) is 0.716. The van der Waals surface area contributed by atoms with Crippen LogP contribution in [0.4, 0.5) is 23.7 Å². The van der Waals surface area contributed by atoms with Crippen LogP contribution in [0.1, 0.15) is 25.7 Å². The number of aromatic nitrogens is 2. The van der Waals surface area contributed by atoms with E-state index in [9.17, 15) is 18.0 Å². The first-order valence-corrected chi connectivity index (χ1v) is 10.5. The van der Waals surface area contributed by atoms with Crippen LogP contribution in [0.2, 0.25) is 0 Å². The smallest absolute Gasteiger partial charge is 0.406 e. The van der Waals surface area contributed by atoms with Gasteiger partial charge in [0.1, 0.15) is 5.75 Å². The second-order valence-corrected chi connectivity index (χ2v) is 9.00. The van der Waals surface area contributed by atoms with Gasteiger partial charge < -0.3 is 15.0 Å². The first-order chi connectivity index (χ1) is 14.3. The van der Waals surface area contributed by atoms with Gasteiger partial charge in [0.15, 0.2) is 0 Å². The van der Waals surface area contributed by atoms with Gasteiger partial charge in [-0.3, -0.25) is 0 Å². The number of anilines is 1. The predicted molar refractivity (Wildman–Crippen MR) is 106 cm³/mol. The Morgan fingerprint density at radius 3 is 2.40 bits per heavy atom.